The molecule has 2 rings (SSSR count). The molecule has 0 bridgehead atoms. The first kappa shape index (κ1) is 13.4. The molecular formula is C14H11ClO4. The Bertz CT molecular complexity index is 615. The predicted molar refractivity (Wildman–Crippen MR) is 70.4 cm³/mol. The van der Waals surface area contributed by atoms with Gasteiger partial charge in [-0.3, -0.25) is 9.59 Å². The van der Waals surface area contributed by atoms with Crippen molar-refractivity contribution in [1.29, 1.82) is 0 Å². The molecule has 1 heterocycles. The zero-order valence-corrected chi connectivity index (χ0v) is 10.7. The highest BCUT2D eigenvalue weighted by Gasteiger charge is 2.14. The van der Waals surface area contributed by atoms with Gasteiger partial charge in [0.25, 0.3) is 0 Å². The van der Waals surface area contributed by atoms with E-state index in [-0.39, 0.29) is 24.4 Å². The lowest BCUT2D eigenvalue weighted by Gasteiger charge is -1.99. The summed E-state index contributed by atoms with van der Waals surface area (Å²) < 4.78 is 5.42. The smallest absolute Gasteiger partial charge is 0.303 e. The molecule has 2 aromatic rings. The van der Waals surface area contributed by atoms with E-state index in [0.717, 1.165) is 0 Å². The molecule has 19 heavy (non-hydrogen) atoms. The fourth-order valence-electron chi connectivity index (χ4n) is 1.64. The molecule has 0 radical (unpaired) electrons. The Morgan fingerprint density at radius 1 is 1.11 bits per heavy atom. The Morgan fingerprint density at radius 2 is 1.84 bits per heavy atom. The molecule has 0 saturated heterocycles. The lowest BCUT2D eigenvalue weighted by molar-refractivity contribution is -0.136. The van der Waals surface area contributed by atoms with Crippen LogP contribution in [0.4, 0.5) is 0 Å². The number of benzene rings is 1. The van der Waals surface area contributed by atoms with Crippen LogP contribution in [0.5, 0.6) is 0 Å². The Balaban J connectivity index is 2.18. The highest BCUT2D eigenvalue weighted by Crippen LogP contribution is 2.29. The number of carbonyl (C=O) groups excluding carboxylic acids is 1. The Hall–Kier alpha value is -2.07. The fraction of sp³-hybridized carbons (Fsp3) is 0.143. The molecule has 0 spiro atoms. The summed E-state index contributed by atoms with van der Waals surface area (Å²) in [6.45, 7) is 0. The van der Waals surface area contributed by atoms with Crippen LogP contribution in [0.1, 0.15) is 23.4 Å². The number of carbonyl (C=O) groups is 2. The summed E-state index contributed by atoms with van der Waals surface area (Å²) >= 11 is 6.03. The number of ketones is 1. The van der Waals surface area contributed by atoms with Crippen LogP contribution in [-0.2, 0) is 4.79 Å². The third-order valence-corrected chi connectivity index (χ3v) is 2.92. The van der Waals surface area contributed by atoms with Crippen LogP contribution in [-0.4, -0.2) is 16.9 Å². The Morgan fingerprint density at radius 3 is 2.53 bits per heavy atom. The topological polar surface area (TPSA) is 67.5 Å². The SMILES string of the molecule is O=C(O)CCC(=O)c1ccc(-c2ccccc2Cl)o1. The van der Waals surface area contributed by atoms with E-state index >= 15 is 0 Å². The molecule has 0 aliphatic carbocycles. The zero-order valence-electron chi connectivity index (χ0n) is 9.93. The van der Waals surface area contributed by atoms with Gasteiger partial charge in [-0.15, -0.1) is 0 Å². The van der Waals surface area contributed by atoms with Gasteiger partial charge >= 0.3 is 5.97 Å². The van der Waals surface area contributed by atoms with Gasteiger partial charge in [0.2, 0.25) is 0 Å². The van der Waals surface area contributed by atoms with Gasteiger partial charge in [-0.2, -0.15) is 0 Å². The van der Waals surface area contributed by atoms with Crippen molar-refractivity contribution in [3.8, 4) is 11.3 Å². The van der Waals surface area contributed by atoms with Crippen LogP contribution in [0, 0.1) is 0 Å². The largest absolute Gasteiger partial charge is 0.481 e. The molecular weight excluding hydrogens is 268 g/mol. The molecule has 0 atom stereocenters. The van der Waals surface area contributed by atoms with Crippen LogP contribution >= 0.6 is 11.6 Å². The molecule has 5 heteroatoms. The van der Waals surface area contributed by atoms with Crippen molar-refractivity contribution in [2.75, 3.05) is 0 Å². The van der Waals surface area contributed by atoms with Crippen molar-refractivity contribution in [3.05, 3.63) is 47.2 Å². The number of hydrogen-bond donors (Lipinski definition) is 1. The molecule has 4 nitrogen and oxygen atoms in total. The lowest BCUT2D eigenvalue weighted by Crippen LogP contribution is -2.02. The number of Topliss-reactive ketones (excluding diaryl/α,β-unsaturated/α-hetero) is 1. The summed E-state index contributed by atoms with van der Waals surface area (Å²) in [5.74, 6) is -0.701. The molecule has 1 N–H and O–H groups in total. The molecule has 98 valence electrons. The number of carboxylic acid groups (broad SMARTS) is 1. The van der Waals surface area contributed by atoms with Gasteiger partial charge in [0.15, 0.2) is 11.5 Å². The Labute approximate surface area is 114 Å². The van der Waals surface area contributed by atoms with Crippen molar-refractivity contribution in [3.63, 3.8) is 0 Å². The lowest BCUT2D eigenvalue weighted by atomic mass is 10.1. The maximum atomic E-state index is 11.7. The van der Waals surface area contributed by atoms with Crippen LogP contribution in [0.15, 0.2) is 40.8 Å². The van der Waals surface area contributed by atoms with Crippen molar-refractivity contribution in [1.82, 2.24) is 0 Å². The second kappa shape index (κ2) is 5.71. The van der Waals surface area contributed by atoms with Crippen molar-refractivity contribution in [2.45, 2.75) is 12.8 Å². The molecule has 0 fully saturated rings. The standard InChI is InChI=1S/C14H11ClO4/c15-10-4-2-1-3-9(10)12-6-7-13(19-12)11(16)5-8-14(17)18/h1-4,6-7H,5,8H2,(H,17,18). The molecule has 0 aliphatic rings. The summed E-state index contributed by atoms with van der Waals surface area (Å²) in [6.07, 6.45) is -0.286. The summed E-state index contributed by atoms with van der Waals surface area (Å²) in [5, 5.41) is 9.06. The quantitative estimate of drug-likeness (QED) is 0.848. The summed E-state index contributed by atoms with van der Waals surface area (Å²) in [4.78, 5) is 22.1. The molecule has 0 unspecified atom stereocenters. The minimum absolute atomic E-state index is 0.0786. The number of carboxylic acids is 1. The van der Waals surface area contributed by atoms with Gasteiger partial charge < -0.3 is 9.52 Å². The maximum Gasteiger partial charge on any atom is 0.303 e. The highest BCUT2D eigenvalue weighted by atomic mass is 35.5. The van der Waals surface area contributed by atoms with Crippen molar-refractivity contribution >= 4 is 23.4 Å². The molecule has 1 aromatic heterocycles. The van der Waals surface area contributed by atoms with Gasteiger partial charge in [-0.25, -0.2) is 0 Å². The first-order chi connectivity index (χ1) is 9.08. The fourth-order valence-corrected chi connectivity index (χ4v) is 1.87. The number of halogens is 1. The number of rotatable bonds is 5. The minimum Gasteiger partial charge on any atom is -0.481 e. The first-order valence-corrected chi connectivity index (χ1v) is 6.05. The molecule has 0 amide bonds. The molecule has 0 saturated carbocycles. The third-order valence-electron chi connectivity index (χ3n) is 2.59. The van der Waals surface area contributed by atoms with E-state index < -0.39 is 5.97 Å². The normalized spacial score (nSPS) is 10.4. The van der Waals surface area contributed by atoms with Gasteiger partial charge in [-0.1, -0.05) is 23.7 Å². The van der Waals surface area contributed by atoms with E-state index in [1.54, 1.807) is 24.3 Å². The predicted octanol–water partition coefficient (Wildman–Crippen LogP) is 3.65. The first-order valence-electron chi connectivity index (χ1n) is 5.67. The van der Waals surface area contributed by atoms with E-state index in [4.69, 9.17) is 21.1 Å². The van der Waals surface area contributed by atoms with Gasteiger partial charge in [0.05, 0.1) is 11.4 Å². The van der Waals surface area contributed by atoms with Gasteiger partial charge in [-0.05, 0) is 24.3 Å². The molecule has 0 aliphatic heterocycles. The van der Waals surface area contributed by atoms with E-state index in [1.807, 2.05) is 6.07 Å². The monoisotopic (exact) mass is 278 g/mol. The number of furan rings is 1. The highest BCUT2D eigenvalue weighted by molar-refractivity contribution is 6.33. The summed E-state index contributed by atoms with van der Waals surface area (Å²) in [5.41, 5.74) is 0.696. The van der Waals surface area contributed by atoms with E-state index in [1.165, 1.54) is 6.07 Å². The maximum absolute atomic E-state index is 11.7. The van der Waals surface area contributed by atoms with Gasteiger partial charge in [0, 0.05) is 12.0 Å². The average molecular weight is 279 g/mol. The van der Waals surface area contributed by atoms with E-state index in [9.17, 15) is 9.59 Å². The van der Waals surface area contributed by atoms with Crippen molar-refractivity contribution < 1.29 is 19.1 Å². The van der Waals surface area contributed by atoms with Crippen LogP contribution in [0.25, 0.3) is 11.3 Å². The zero-order chi connectivity index (χ0) is 13.8. The molecule has 1 aromatic carbocycles. The average Bonchev–Trinajstić information content (AvgIpc) is 2.86. The van der Waals surface area contributed by atoms with Crippen molar-refractivity contribution in [2.24, 2.45) is 0 Å². The summed E-state index contributed by atoms with van der Waals surface area (Å²) in [6, 6.07) is 10.3. The summed E-state index contributed by atoms with van der Waals surface area (Å²) in [7, 11) is 0. The second-order valence-corrected chi connectivity index (χ2v) is 4.37. The van der Waals surface area contributed by atoms with E-state index in [2.05, 4.69) is 0 Å². The Kier molecular flexibility index (Phi) is 4.02. The number of aliphatic carboxylic acids is 1. The minimum atomic E-state index is -1.01. The van der Waals surface area contributed by atoms with Crippen LogP contribution in [0.2, 0.25) is 5.02 Å². The van der Waals surface area contributed by atoms with Gasteiger partial charge in [0.1, 0.15) is 5.76 Å². The number of hydrogen-bond acceptors (Lipinski definition) is 3. The third kappa shape index (κ3) is 3.23. The van der Waals surface area contributed by atoms with Crippen LogP contribution in [0.3, 0.4) is 0 Å². The second-order valence-electron chi connectivity index (χ2n) is 3.96. The van der Waals surface area contributed by atoms with E-state index in [0.29, 0.717) is 16.3 Å². The van der Waals surface area contributed by atoms with Crippen LogP contribution < -0.4 is 0 Å².